The fraction of sp³-hybridized carbons (Fsp3) is 0.636. The molecule has 2 heteroatoms. The number of carbonyl (C=O) groups is 2. The molecule has 1 atom stereocenters. The van der Waals surface area contributed by atoms with Crippen LogP contribution in [0.5, 0.6) is 0 Å². The molecule has 13 heavy (non-hydrogen) atoms. The van der Waals surface area contributed by atoms with E-state index in [0.29, 0.717) is 18.6 Å². The molecular weight excluding hydrogens is 166 g/mol. The minimum Gasteiger partial charge on any atom is -0.299 e. The maximum atomic E-state index is 11.7. The average molecular weight is 180 g/mol. The van der Waals surface area contributed by atoms with Crippen LogP contribution in [0, 0.1) is 5.41 Å². The van der Waals surface area contributed by atoms with Crippen LogP contribution in [-0.4, -0.2) is 11.6 Å². The van der Waals surface area contributed by atoms with Gasteiger partial charge in [-0.1, -0.05) is 5.57 Å². The van der Waals surface area contributed by atoms with Gasteiger partial charge in [-0.25, -0.2) is 0 Å². The lowest BCUT2D eigenvalue weighted by atomic mass is 9.65. The molecule has 0 N–H and O–H groups in total. The summed E-state index contributed by atoms with van der Waals surface area (Å²) in [5.74, 6) is 0.527. The van der Waals surface area contributed by atoms with Gasteiger partial charge >= 0.3 is 0 Å². The molecule has 0 bridgehead atoms. The van der Waals surface area contributed by atoms with E-state index in [-0.39, 0.29) is 11.2 Å². The van der Waals surface area contributed by atoms with Crippen molar-refractivity contribution in [2.24, 2.45) is 5.41 Å². The van der Waals surface area contributed by atoms with Crippen LogP contribution in [0.3, 0.4) is 0 Å². The van der Waals surface area contributed by atoms with Gasteiger partial charge in [-0.15, -0.1) is 0 Å². The molecule has 0 saturated heterocycles. The highest BCUT2D eigenvalue weighted by Gasteiger charge is 2.41. The SMILES string of the molecule is C[C@]12CCC(=[18O])C=C1CCCC2=O. The second-order valence-corrected chi connectivity index (χ2v) is 4.24. The quantitative estimate of drug-likeness (QED) is 0.534. The van der Waals surface area contributed by atoms with Crippen molar-refractivity contribution in [2.75, 3.05) is 0 Å². The summed E-state index contributed by atoms with van der Waals surface area (Å²) in [5, 5.41) is 0. The van der Waals surface area contributed by atoms with Gasteiger partial charge < -0.3 is 0 Å². The Kier molecular flexibility index (Phi) is 1.86. The van der Waals surface area contributed by atoms with Crippen molar-refractivity contribution in [1.29, 1.82) is 0 Å². The van der Waals surface area contributed by atoms with Crippen LogP contribution in [0.15, 0.2) is 11.6 Å². The average Bonchev–Trinajstić information content (AvgIpc) is 2.09. The van der Waals surface area contributed by atoms with Crippen LogP contribution in [0.25, 0.3) is 0 Å². The summed E-state index contributed by atoms with van der Waals surface area (Å²) in [6.07, 6.45) is 5.55. The zero-order valence-corrected chi connectivity index (χ0v) is 7.93. The van der Waals surface area contributed by atoms with Crippen molar-refractivity contribution in [1.82, 2.24) is 0 Å². The van der Waals surface area contributed by atoms with Crippen LogP contribution in [0.1, 0.15) is 39.0 Å². The van der Waals surface area contributed by atoms with Crippen molar-refractivity contribution in [3.8, 4) is 0 Å². The first kappa shape index (κ1) is 8.67. The van der Waals surface area contributed by atoms with Crippen molar-refractivity contribution in [3.63, 3.8) is 0 Å². The maximum Gasteiger partial charge on any atom is 0.155 e. The lowest BCUT2D eigenvalue weighted by Crippen LogP contribution is -2.36. The number of hydrogen-bond donors (Lipinski definition) is 0. The molecule has 0 aliphatic heterocycles. The Morgan fingerprint density at radius 3 is 2.92 bits per heavy atom. The summed E-state index contributed by atoms with van der Waals surface area (Å²) in [4.78, 5) is 22.9. The van der Waals surface area contributed by atoms with Gasteiger partial charge in [0, 0.05) is 18.3 Å². The number of allylic oxidation sites excluding steroid dienone is 2. The molecule has 0 spiro atoms. The summed E-state index contributed by atoms with van der Waals surface area (Å²) in [5.41, 5.74) is 0.798. The van der Waals surface area contributed by atoms with Gasteiger partial charge in [-0.2, -0.15) is 0 Å². The summed E-state index contributed by atoms with van der Waals surface area (Å²) >= 11 is 0. The molecule has 0 heterocycles. The van der Waals surface area contributed by atoms with Crippen molar-refractivity contribution < 1.29 is 9.59 Å². The summed E-state index contributed by atoms with van der Waals surface area (Å²) < 4.78 is 0. The van der Waals surface area contributed by atoms with Crippen LogP contribution in [0.2, 0.25) is 0 Å². The first-order valence-corrected chi connectivity index (χ1v) is 4.90. The summed E-state index contributed by atoms with van der Waals surface area (Å²) in [6.45, 7) is 1.99. The first-order chi connectivity index (χ1) is 6.13. The van der Waals surface area contributed by atoms with Crippen LogP contribution < -0.4 is 0 Å². The Morgan fingerprint density at radius 1 is 1.38 bits per heavy atom. The van der Waals surface area contributed by atoms with Gasteiger partial charge in [0.2, 0.25) is 0 Å². The van der Waals surface area contributed by atoms with Crippen molar-refractivity contribution in [3.05, 3.63) is 11.6 Å². The van der Waals surface area contributed by atoms with Gasteiger partial charge in [0.05, 0.1) is 0 Å². The number of hydrogen-bond acceptors (Lipinski definition) is 2. The second kappa shape index (κ2) is 2.79. The topological polar surface area (TPSA) is 34.1 Å². The lowest BCUT2D eigenvalue weighted by molar-refractivity contribution is -0.128. The molecule has 70 valence electrons. The van der Waals surface area contributed by atoms with Gasteiger partial charge in [-0.05, 0) is 32.3 Å². The third-order valence-electron chi connectivity index (χ3n) is 3.38. The van der Waals surface area contributed by atoms with Gasteiger partial charge in [0.15, 0.2) is 5.78 Å². The molecular formula is C11H14O2. The van der Waals surface area contributed by atoms with E-state index in [1.807, 2.05) is 6.92 Å². The van der Waals surface area contributed by atoms with Crippen LogP contribution >= 0.6 is 0 Å². The minimum atomic E-state index is -0.286. The molecule has 2 aliphatic carbocycles. The Morgan fingerprint density at radius 2 is 2.15 bits per heavy atom. The third kappa shape index (κ3) is 1.25. The highest BCUT2D eigenvalue weighted by atomic mass is 18.1. The molecule has 0 aromatic carbocycles. The van der Waals surface area contributed by atoms with Crippen LogP contribution in [0.4, 0.5) is 0 Å². The number of carbonyl (C=O) groups excluding carboxylic acids is 2. The number of fused-ring (bicyclic) bond motifs is 1. The first-order valence-electron chi connectivity index (χ1n) is 4.90. The Balaban J connectivity index is 2.39. The van der Waals surface area contributed by atoms with Crippen LogP contribution in [-0.2, 0) is 9.59 Å². The standard InChI is InChI=1S/C11H14O2/c1-11-6-5-9(12)7-8(11)3-2-4-10(11)13/h7H,2-6H2,1H3/t11-/m0/s1/i12+2. The van der Waals surface area contributed by atoms with E-state index in [4.69, 9.17) is 0 Å². The Labute approximate surface area is 78.0 Å². The molecule has 0 aromatic rings. The Hall–Kier alpha value is -0.920. The molecule has 0 unspecified atom stereocenters. The molecule has 2 aliphatic rings. The molecule has 2 nitrogen and oxygen atoms in total. The monoisotopic (exact) mass is 180 g/mol. The fourth-order valence-corrected chi connectivity index (χ4v) is 2.34. The maximum absolute atomic E-state index is 11.7. The Bertz CT molecular complexity index is 301. The molecule has 2 rings (SSSR count). The van der Waals surface area contributed by atoms with Gasteiger partial charge in [0.25, 0.3) is 0 Å². The molecule has 0 amide bonds. The van der Waals surface area contributed by atoms with E-state index in [2.05, 4.69) is 0 Å². The van der Waals surface area contributed by atoms with E-state index in [0.717, 1.165) is 24.8 Å². The van der Waals surface area contributed by atoms with Crippen molar-refractivity contribution >= 4 is 11.6 Å². The number of rotatable bonds is 0. The van der Waals surface area contributed by atoms with Gasteiger partial charge in [0.1, 0.15) is 5.78 Å². The highest BCUT2D eigenvalue weighted by molar-refractivity contribution is 5.97. The van der Waals surface area contributed by atoms with Gasteiger partial charge in [-0.3, -0.25) is 9.59 Å². The molecule has 0 aromatic heterocycles. The number of Topliss-reactive ketones (excluding diaryl/α,β-unsaturated/α-hetero) is 1. The van der Waals surface area contributed by atoms with Crippen molar-refractivity contribution in [2.45, 2.75) is 39.0 Å². The highest BCUT2D eigenvalue weighted by Crippen LogP contribution is 2.43. The van der Waals surface area contributed by atoms with E-state index < -0.39 is 0 Å². The molecule has 0 radical (unpaired) electrons. The van der Waals surface area contributed by atoms with E-state index in [1.54, 1.807) is 6.08 Å². The fourth-order valence-electron chi connectivity index (χ4n) is 2.34. The summed E-state index contributed by atoms with van der Waals surface area (Å²) in [6, 6.07) is 0. The predicted octanol–water partition coefficient (Wildman–Crippen LogP) is 2.04. The smallest absolute Gasteiger partial charge is 0.155 e. The normalized spacial score (nSPS) is 34.1. The molecule has 1 fully saturated rings. The summed E-state index contributed by atoms with van der Waals surface area (Å²) in [7, 11) is 0. The van der Waals surface area contributed by atoms with E-state index in [9.17, 15) is 9.59 Å². The minimum absolute atomic E-state index is 0.196. The van der Waals surface area contributed by atoms with E-state index in [1.165, 1.54) is 0 Å². The zero-order valence-electron chi connectivity index (χ0n) is 7.93. The lowest BCUT2D eigenvalue weighted by Gasteiger charge is -2.37. The third-order valence-corrected chi connectivity index (χ3v) is 3.38. The zero-order chi connectivity index (χ0) is 9.47. The predicted molar refractivity (Wildman–Crippen MR) is 49.3 cm³/mol. The molecule has 1 saturated carbocycles. The number of ketones is 2. The largest absolute Gasteiger partial charge is 0.299 e. The second-order valence-electron chi connectivity index (χ2n) is 4.24. The van der Waals surface area contributed by atoms with E-state index >= 15 is 0 Å².